The highest BCUT2D eigenvalue weighted by atomic mass is 16.5. The molecule has 2 rings (SSSR count). The molecule has 174 valence electrons. The molecule has 4 nitrogen and oxygen atoms in total. The maximum atomic E-state index is 12.1. The summed E-state index contributed by atoms with van der Waals surface area (Å²) in [5.41, 5.74) is 2.13. The molecule has 0 saturated carbocycles. The Morgan fingerprint density at radius 1 is 0.656 bits per heavy atom. The smallest absolute Gasteiger partial charge is 0.335 e. The summed E-state index contributed by atoms with van der Waals surface area (Å²) in [7, 11) is 0. The van der Waals surface area contributed by atoms with E-state index >= 15 is 0 Å². The van der Waals surface area contributed by atoms with Crippen LogP contribution in [0.5, 0.6) is 5.75 Å². The molecular formula is C28H38O4. The van der Waals surface area contributed by atoms with E-state index in [1.54, 1.807) is 36.4 Å². The number of carbonyl (C=O) groups excluding carboxylic acids is 1. The SMILES string of the molecule is CCCCCCCCCCCCCCC(=O)Oc1ccc(-c2ccc(C(=O)O)cc2)cc1. The lowest BCUT2D eigenvalue weighted by molar-refractivity contribution is -0.134. The molecule has 4 heteroatoms. The van der Waals surface area contributed by atoms with Gasteiger partial charge in [0.15, 0.2) is 0 Å². The van der Waals surface area contributed by atoms with Crippen LogP contribution >= 0.6 is 0 Å². The Hall–Kier alpha value is -2.62. The van der Waals surface area contributed by atoms with E-state index < -0.39 is 5.97 Å². The molecule has 0 aliphatic rings. The lowest BCUT2D eigenvalue weighted by Gasteiger charge is -2.07. The van der Waals surface area contributed by atoms with Gasteiger partial charge in [0.1, 0.15) is 5.75 Å². The van der Waals surface area contributed by atoms with E-state index in [4.69, 9.17) is 9.84 Å². The number of hydrogen-bond acceptors (Lipinski definition) is 3. The molecule has 0 bridgehead atoms. The first-order chi connectivity index (χ1) is 15.6. The maximum absolute atomic E-state index is 12.1. The molecule has 1 N–H and O–H groups in total. The monoisotopic (exact) mass is 438 g/mol. The normalized spacial score (nSPS) is 10.8. The van der Waals surface area contributed by atoms with E-state index in [0.29, 0.717) is 12.2 Å². The molecule has 0 aromatic heterocycles. The zero-order chi connectivity index (χ0) is 23.0. The highest BCUT2D eigenvalue weighted by molar-refractivity contribution is 5.88. The summed E-state index contributed by atoms with van der Waals surface area (Å²) in [5, 5.41) is 8.98. The fourth-order valence-corrected chi connectivity index (χ4v) is 3.81. The van der Waals surface area contributed by atoms with Crippen LogP contribution in [-0.4, -0.2) is 17.0 Å². The molecule has 0 radical (unpaired) electrons. The molecule has 2 aromatic rings. The van der Waals surface area contributed by atoms with E-state index in [2.05, 4.69) is 6.92 Å². The summed E-state index contributed by atoms with van der Waals surface area (Å²) in [6.07, 6.45) is 15.7. The molecule has 0 atom stereocenters. The fourth-order valence-electron chi connectivity index (χ4n) is 3.81. The Morgan fingerprint density at radius 2 is 1.09 bits per heavy atom. The summed E-state index contributed by atoms with van der Waals surface area (Å²) in [6, 6.07) is 14.0. The zero-order valence-electron chi connectivity index (χ0n) is 19.5. The summed E-state index contributed by atoms with van der Waals surface area (Å²) in [5.74, 6) is -0.581. The molecule has 0 heterocycles. The molecule has 0 unspecified atom stereocenters. The van der Waals surface area contributed by atoms with Gasteiger partial charge in [0.05, 0.1) is 5.56 Å². The van der Waals surface area contributed by atoms with Crippen molar-refractivity contribution in [1.29, 1.82) is 0 Å². The number of unbranched alkanes of at least 4 members (excludes halogenated alkanes) is 11. The third-order valence-corrected chi connectivity index (χ3v) is 5.79. The average Bonchev–Trinajstić information content (AvgIpc) is 2.80. The second kappa shape index (κ2) is 15.2. The minimum Gasteiger partial charge on any atom is -0.478 e. The largest absolute Gasteiger partial charge is 0.478 e. The van der Waals surface area contributed by atoms with E-state index in [0.717, 1.165) is 24.0 Å². The van der Waals surface area contributed by atoms with Crippen molar-refractivity contribution >= 4 is 11.9 Å². The van der Waals surface area contributed by atoms with Crippen molar-refractivity contribution in [2.45, 2.75) is 90.4 Å². The van der Waals surface area contributed by atoms with Gasteiger partial charge in [-0.25, -0.2) is 4.79 Å². The van der Waals surface area contributed by atoms with Gasteiger partial charge in [-0.1, -0.05) is 102 Å². The number of ether oxygens (including phenoxy) is 1. The van der Waals surface area contributed by atoms with Crippen LogP contribution in [0.25, 0.3) is 11.1 Å². The fraction of sp³-hybridized carbons (Fsp3) is 0.500. The molecule has 0 aliphatic carbocycles. The van der Waals surface area contributed by atoms with Crippen molar-refractivity contribution in [1.82, 2.24) is 0 Å². The topological polar surface area (TPSA) is 63.6 Å². The molecule has 0 saturated heterocycles. The highest BCUT2D eigenvalue weighted by Crippen LogP contribution is 2.23. The van der Waals surface area contributed by atoms with Gasteiger partial charge >= 0.3 is 11.9 Å². The highest BCUT2D eigenvalue weighted by Gasteiger charge is 2.07. The van der Waals surface area contributed by atoms with Crippen LogP contribution in [0, 0.1) is 0 Å². The van der Waals surface area contributed by atoms with Crippen LogP contribution in [0.4, 0.5) is 0 Å². The minimum absolute atomic E-state index is 0.185. The second-order valence-electron chi connectivity index (χ2n) is 8.52. The number of carboxylic acids is 1. The molecule has 0 aliphatic heterocycles. The first kappa shape index (κ1) is 25.6. The Kier molecular flexibility index (Phi) is 12.2. The molecular weight excluding hydrogens is 400 g/mol. The van der Waals surface area contributed by atoms with E-state index in [-0.39, 0.29) is 11.5 Å². The first-order valence-electron chi connectivity index (χ1n) is 12.2. The van der Waals surface area contributed by atoms with Crippen LogP contribution < -0.4 is 4.74 Å². The average molecular weight is 439 g/mol. The van der Waals surface area contributed by atoms with Gasteiger partial charge in [-0.2, -0.15) is 0 Å². The zero-order valence-corrected chi connectivity index (χ0v) is 19.5. The molecule has 0 fully saturated rings. The van der Waals surface area contributed by atoms with Crippen LogP contribution in [0.15, 0.2) is 48.5 Å². The molecule has 32 heavy (non-hydrogen) atoms. The van der Waals surface area contributed by atoms with Gasteiger partial charge in [0.25, 0.3) is 0 Å². The number of hydrogen-bond donors (Lipinski definition) is 1. The van der Waals surface area contributed by atoms with E-state index in [9.17, 15) is 9.59 Å². The molecule has 0 amide bonds. The standard InChI is InChI=1S/C28H38O4/c1-2-3-4-5-6-7-8-9-10-11-12-13-14-27(29)32-26-21-19-24(20-22-26)23-15-17-25(18-16-23)28(30)31/h15-22H,2-14H2,1H3,(H,30,31). The van der Waals surface area contributed by atoms with Crippen LogP contribution in [0.2, 0.25) is 0 Å². The lowest BCUT2D eigenvalue weighted by atomic mass is 10.0. The Balaban J connectivity index is 1.56. The Labute approximate surface area is 193 Å². The van der Waals surface area contributed by atoms with Crippen LogP contribution in [0.3, 0.4) is 0 Å². The van der Waals surface area contributed by atoms with E-state index in [1.165, 1.54) is 64.2 Å². The Bertz CT molecular complexity index is 793. The van der Waals surface area contributed by atoms with Gasteiger partial charge in [-0.3, -0.25) is 4.79 Å². The number of aromatic carboxylic acids is 1. The summed E-state index contributed by atoms with van der Waals surface area (Å²) < 4.78 is 5.44. The molecule has 2 aromatic carbocycles. The molecule has 0 spiro atoms. The van der Waals surface area contributed by atoms with Gasteiger partial charge < -0.3 is 9.84 Å². The van der Waals surface area contributed by atoms with E-state index in [1.807, 2.05) is 12.1 Å². The second-order valence-corrected chi connectivity index (χ2v) is 8.52. The van der Waals surface area contributed by atoms with Crippen molar-refractivity contribution in [3.63, 3.8) is 0 Å². The van der Waals surface area contributed by atoms with Crippen molar-refractivity contribution in [2.75, 3.05) is 0 Å². The van der Waals surface area contributed by atoms with Crippen molar-refractivity contribution in [2.24, 2.45) is 0 Å². The summed E-state index contributed by atoms with van der Waals surface area (Å²) >= 11 is 0. The minimum atomic E-state index is -0.938. The van der Waals surface area contributed by atoms with Crippen molar-refractivity contribution in [3.05, 3.63) is 54.1 Å². The first-order valence-corrected chi connectivity index (χ1v) is 12.2. The van der Waals surface area contributed by atoms with Gasteiger partial charge in [0.2, 0.25) is 0 Å². The lowest BCUT2D eigenvalue weighted by Crippen LogP contribution is -2.07. The third kappa shape index (κ3) is 10.1. The summed E-state index contributed by atoms with van der Waals surface area (Å²) in [4.78, 5) is 23.0. The maximum Gasteiger partial charge on any atom is 0.335 e. The number of benzene rings is 2. The number of esters is 1. The van der Waals surface area contributed by atoms with Gasteiger partial charge in [0, 0.05) is 6.42 Å². The summed E-state index contributed by atoms with van der Waals surface area (Å²) in [6.45, 7) is 2.25. The quantitative estimate of drug-likeness (QED) is 0.164. The van der Waals surface area contributed by atoms with Gasteiger partial charge in [-0.05, 0) is 41.8 Å². The van der Waals surface area contributed by atoms with Crippen molar-refractivity contribution in [3.8, 4) is 16.9 Å². The predicted molar refractivity (Wildman–Crippen MR) is 130 cm³/mol. The third-order valence-electron chi connectivity index (χ3n) is 5.79. The van der Waals surface area contributed by atoms with Crippen LogP contribution in [0.1, 0.15) is 101 Å². The number of carbonyl (C=O) groups is 2. The predicted octanol–water partition coefficient (Wildman–Crippen LogP) is 8.05. The number of carboxylic acid groups (broad SMARTS) is 1. The van der Waals surface area contributed by atoms with Crippen LogP contribution in [-0.2, 0) is 4.79 Å². The number of rotatable bonds is 16. The Morgan fingerprint density at radius 3 is 1.56 bits per heavy atom. The van der Waals surface area contributed by atoms with Gasteiger partial charge in [-0.15, -0.1) is 0 Å². The van der Waals surface area contributed by atoms with Crippen molar-refractivity contribution < 1.29 is 19.4 Å².